The number of aromatic amines is 1. The van der Waals surface area contributed by atoms with Gasteiger partial charge in [-0.15, -0.1) is 0 Å². The topological polar surface area (TPSA) is 75.7 Å². The lowest BCUT2D eigenvalue weighted by Gasteiger charge is -2.12. The summed E-state index contributed by atoms with van der Waals surface area (Å²) in [7, 11) is 0. The molecule has 0 saturated carbocycles. The molecule has 2 rings (SSSR count). The van der Waals surface area contributed by atoms with E-state index >= 15 is 0 Å². The maximum atomic E-state index is 5.83. The number of fused-ring (bicyclic) bond motifs is 1. The minimum atomic E-state index is 0.518. The first-order chi connectivity index (χ1) is 9.24. The fraction of sp³-hybridized carbons (Fsp3) is 0.615. The smallest absolute Gasteiger partial charge is 0.229 e. The van der Waals surface area contributed by atoms with Crippen LogP contribution < -0.4 is 10.1 Å². The van der Waals surface area contributed by atoms with Crippen molar-refractivity contribution in [3.63, 3.8) is 0 Å². The zero-order valence-corrected chi connectivity index (χ0v) is 11.7. The van der Waals surface area contributed by atoms with Crippen LogP contribution in [0.2, 0.25) is 0 Å². The van der Waals surface area contributed by atoms with Gasteiger partial charge in [0.15, 0.2) is 5.65 Å². The van der Waals surface area contributed by atoms with Crippen molar-refractivity contribution >= 4 is 17.0 Å². The van der Waals surface area contributed by atoms with E-state index in [1.54, 1.807) is 6.20 Å². The fourth-order valence-corrected chi connectivity index (χ4v) is 1.95. The van der Waals surface area contributed by atoms with Crippen molar-refractivity contribution in [1.82, 2.24) is 20.2 Å². The van der Waals surface area contributed by atoms with Crippen molar-refractivity contribution in [1.29, 1.82) is 0 Å². The molecule has 0 aliphatic rings. The predicted octanol–water partition coefficient (Wildman–Crippen LogP) is 2.60. The van der Waals surface area contributed by atoms with Crippen LogP contribution in [-0.4, -0.2) is 33.3 Å². The van der Waals surface area contributed by atoms with E-state index in [2.05, 4.69) is 39.3 Å². The van der Waals surface area contributed by atoms with Crippen molar-refractivity contribution in [2.75, 3.05) is 18.5 Å². The number of H-pyrrole nitrogens is 1. The molecule has 0 bridgehead atoms. The first-order valence-electron chi connectivity index (χ1n) is 6.82. The van der Waals surface area contributed by atoms with E-state index in [0.717, 1.165) is 24.8 Å². The fourth-order valence-electron chi connectivity index (χ4n) is 1.95. The van der Waals surface area contributed by atoms with E-state index in [4.69, 9.17) is 4.74 Å². The summed E-state index contributed by atoms with van der Waals surface area (Å²) in [5.41, 5.74) is 0.698. The zero-order chi connectivity index (χ0) is 13.7. The highest BCUT2D eigenvalue weighted by atomic mass is 16.5. The number of aromatic nitrogens is 4. The molecule has 0 aromatic carbocycles. The van der Waals surface area contributed by atoms with Crippen LogP contribution in [0.25, 0.3) is 11.0 Å². The SMILES string of the molecule is CCCC(C)COc1nc(NCC)nc2[nH]ncc12. The Morgan fingerprint density at radius 1 is 1.37 bits per heavy atom. The molecule has 0 fully saturated rings. The van der Waals surface area contributed by atoms with Gasteiger partial charge in [0, 0.05) is 6.54 Å². The first kappa shape index (κ1) is 13.6. The Labute approximate surface area is 113 Å². The third kappa shape index (κ3) is 3.33. The zero-order valence-electron chi connectivity index (χ0n) is 11.7. The first-order valence-corrected chi connectivity index (χ1v) is 6.82. The number of rotatable bonds is 7. The molecule has 1 atom stereocenters. The highest BCUT2D eigenvalue weighted by Gasteiger charge is 2.11. The summed E-state index contributed by atoms with van der Waals surface area (Å²) in [6, 6.07) is 0. The average Bonchev–Trinajstić information content (AvgIpc) is 2.85. The molecule has 2 aromatic heterocycles. The maximum absolute atomic E-state index is 5.83. The molecule has 0 saturated heterocycles. The second kappa shape index (κ2) is 6.36. The number of nitrogens with one attached hydrogen (secondary N) is 2. The number of ether oxygens (including phenoxy) is 1. The van der Waals surface area contributed by atoms with Gasteiger partial charge >= 0.3 is 0 Å². The molecule has 104 valence electrons. The molecule has 0 aliphatic heterocycles. The number of anilines is 1. The lowest BCUT2D eigenvalue weighted by atomic mass is 10.1. The van der Waals surface area contributed by atoms with E-state index in [1.165, 1.54) is 0 Å². The Bertz CT molecular complexity index is 525. The normalized spacial score (nSPS) is 12.6. The van der Waals surface area contributed by atoms with Crippen LogP contribution in [0.1, 0.15) is 33.6 Å². The molecule has 0 amide bonds. The van der Waals surface area contributed by atoms with Gasteiger partial charge in [-0.25, -0.2) is 0 Å². The predicted molar refractivity (Wildman–Crippen MR) is 75.4 cm³/mol. The Hall–Kier alpha value is -1.85. The molecule has 2 N–H and O–H groups in total. The standard InChI is InChI=1S/C13H21N5O/c1-4-6-9(3)8-19-12-10-7-15-18-11(10)16-13(17-12)14-5-2/h7,9H,4-6,8H2,1-3H3,(H2,14,15,16,17,18). The molecule has 6 heteroatoms. The molecule has 2 heterocycles. The highest BCUT2D eigenvalue weighted by molar-refractivity contribution is 5.80. The van der Waals surface area contributed by atoms with Gasteiger partial charge in [-0.05, 0) is 19.3 Å². The highest BCUT2D eigenvalue weighted by Crippen LogP contribution is 2.23. The quantitative estimate of drug-likeness (QED) is 0.803. The second-order valence-corrected chi connectivity index (χ2v) is 4.72. The van der Waals surface area contributed by atoms with Crippen LogP contribution in [0.15, 0.2) is 6.20 Å². The van der Waals surface area contributed by atoms with Gasteiger partial charge in [-0.2, -0.15) is 15.1 Å². The van der Waals surface area contributed by atoms with Gasteiger partial charge in [0.1, 0.15) is 5.39 Å². The van der Waals surface area contributed by atoms with Gasteiger partial charge in [-0.3, -0.25) is 5.10 Å². The summed E-state index contributed by atoms with van der Waals surface area (Å²) < 4.78 is 5.83. The minimum absolute atomic E-state index is 0.518. The third-order valence-electron chi connectivity index (χ3n) is 2.90. The summed E-state index contributed by atoms with van der Waals surface area (Å²) in [5, 5.41) is 10.8. The van der Waals surface area contributed by atoms with Gasteiger partial charge in [0.25, 0.3) is 0 Å². The molecule has 2 aromatic rings. The Morgan fingerprint density at radius 3 is 2.95 bits per heavy atom. The molecular formula is C13H21N5O. The van der Waals surface area contributed by atoms with Gasteiger partial charge in [0.05, 0.1) is 12.8 Å². The third-order valence-corrected chi connectivity index (χ3v) is 2.90. The van der Waals surface area contributed by atoms with Crippen LogP contribution in [-0.2, 0) is 0 Å². The monoisotopic (exact) mass is 263 g/mol. The van der Waals surface area contributed by atoms with Crippen LogP contribution >= 0.6 is 0 Å². The number of nitrogens with zero attached hydrogens (tertiary/aromatic N) is 3. The summed E-state index contributed by atoms with van der Waals surface area (Å²) in [6.45, 7) is 7.80. The molecule has 0 spiro atoms. The molecule has 19 heavy (non-hydrogen) atoms. The van der Waals surface area contributed by atoms with E-state index in [0.29, 0.717) is 30.0 Å². The van der Waals surface area contributed by atoms with Crippen LogP contribution in [0.4, 0.5) is 5.95 Å². The van der Waals surface area contributed by atoms with E-state index < -0.39 is 0 Å². The number of hydrogen-bond acceptors (Lipinski definition) is 5. The maximum Gasteiger partial charge on any atom is 0.229 e. The molecule has 1 unspecified atom stereocenters. The van der Waals surface area contributed by atoms with Crippen molar-refractivity contribution in [3.8, 4) is 5.88 Å². The van der Waals surface area contributed by atoms with Crippen molar-refractivity contribution < 1.29 is 4.74 Å². The van der Waals surface area contributed by atoms with E-state index in [-0.39, 0.29) is 0 Å². The van der Waals surface area contributed by atoms with Crippen LogP contribution in [0.3, 0.4) is 0 Å². The lowest BCUT2D eigenvalue weighted by molar-refractivity contribution is 0.246. The van der Waals surface area contributed by atoms with Crippen molar-refractivity contribution in [3.05, 3.63) is 6.20 Å². The second-order valence-electron chi connectivity index (χ2n) is 4.72. The Kier molecular flexibility index (Phi) is 4.54. The summed E-state index contributed by atoms with van der Waals surface area (Å²) in [6.07, 6.45) is 4.02. The molecule has 0 radical (unpaired) electrons. The van der Waals surface area contributed by atoms with Crippen molar-refractivity contribution in [2.45, 2.75) is 33.6 Å². The van der Waals surface area contributed by atoms with E-state index in [1.807, 2.05) is 6.92 Å². The summed E-state index contributed by atoms with van der Waals surface area (Å²) in [4.78, 5) is 8.72. The Balaban J connectivity index is 2.17. The summed E-state index contributed by atoms with van der Waals surface area (Å²) >= 11 is 0. The van der Waals surface area contributed by atoms with Gasteiger partial charge < -0.3 is 10.1 Å². The van der Waals surface area contributed by atoms with E-state index in [9.17, 15) is 0 Å². The van der Waals surface area contributed by atoms with Crippen LogP contribution in [0.5, 0.6) is 5.88 Å². The van der Waals surface area contributed by atoms with Gasteiger partial charge in [-0.1, -0.05) is 20.3 Å². The van der Waals surface area contributed by atoms with Gasteiger partial charge in [0.2, 0.25) is 11.8 Å². The Morgan fingerprint density at radius 2 is 2.21 bits per heavy atom. The average molecular weight is 263 g/mol. The molecule has 6 nitrogen and oxygen atoms in total. The van der Waals surface area contributed by atoms with Crippen LogP contribution in [0, 0.1) is 5.92 Å². The molecular weight excluding hydrogens is 242 g/mol. The summed E-state index contributed by atoms with van der Waals surface area (Å²) in [5.74, 6) is 1.68. The lowest BCUT2D eigenvalue weighted by Crippen LogP contribution is -2.10. The number of hydrogen-bond donors (Lipinski definition) is 2. The molecule has 0 aliphatic carbocycles. The largest absolute Gasteiger partial charge is 0.477 e. The minimum Gasteiger partial charge on any atom is -0.477 e. The van der Waals surface area contributed by atoms with Crippen molar-refractivity contribution in [2.24, 2.45) is 5.92 Å².